The summed E-state index contributed by atoms with van der Waals surface area (Å²) in [6.07, 6.45) is 1.11. The minimum atomic E-state index is 0.0752. The van der Waals surface area contributed by atoms with Crippen molar-refractivity contribution in [1.82, 2.24) is 10.2 Å². The van der Waals surface area contributed by atoms with Crippen molar-refractivity contribution in [3.8, 4) is 0 Å². The number of nitrogens with zero attached hydrogens (tertiary/aromatic N) is 1. The Kier molecular flexibility index (Phi) is 5.59. The fraction of sp³-hybridized carbons (Fsp3) is 0.500. The molecule has 0 aliphatic carbocycles. The number of nitrogens with one attached hydrogen (secondary N) is 2. The first-order valence-electron chi connectivity index (χ1n) is 6.64. The molecule has 1 heterocycles. The molecule has 1 aromatic carbocycles. The van der Waals surface area contributed by atoms with Gasteiger partial charge in [-0.25, -0.2) is 0 Å². The normalized spacial score (nSPS) is 16.9. The van der Waals surface area contributed by atoms with Crippen LogP contribution in [0.3, 0.4) is 0 Å². The van der Waals surface area contributed by atoms with Gasteiger partial charge in [-0.3, -0.25) is 9.69 Å². The fourth-order valence-electron chi connectivity index (χ4n) is 2.22. The molecule has 0 radical (unpaired) electrons. The van der Waals surface area contributed by atoms with Crippen LogP contribution >= 0.6 is 22.6 Å². The van der Waals surface area contributed by atoms with Crippen molar-refractivity contribution in [3.63, 3.8) is 0 Å². The van der Waals surface area contributed by atoms with Crippen LogP contribution in [0.2, 0.25) is 0 Å². The molecule has 0 aromatic heterocycles. The highest BCUT2D eigenvalue weighted by Crippen LogP contribution is 2.17. The van der Waals surface area contributed by atoms with Crippen LogP contribution in [0.4, 0.5) is 5.69 Å². The molecule has 0 unspecified atom stereocenters. The van der Waals surface area contributed by atoms with Crippen LogP contribution in [0.15, 0.2) is 18.2 Å². The molecule has 104 valence electrons. The average Bonchev–Trinajstić information content (AvgIpc) is 2.61. The second-order valence-electron chi connectivity index (χ2n) is 4.89. The van der Waals surface area contributed by atoms with Gasteiger partial charge in [0.05, 0.1) is 6.54 Å². The smallest absolute Gasteiger partial charge is 0.238 e. The third-order valence-electron chi connectivity index (χ3n) is 3.26. The summed E-state index contributed by atoms with van der Waals surface area (Å²) in [5.41, 5.74) is 2.02. The van der Waals surface area contributed by atoms with Crippen molar-refractivity contribution < 1.29 is 4.79 Å². The predicted molar refractivity (Wildman–Crippen MR) is 86.5 cm³/mol. The van der Waals surface area contributed by atoms with E-state index in [1.807, 2.05) is 19.1 Å². The maximum Gasteiger partial charge on any atom is 0.238 e. The first-order chi connectivity index (χ1) is 9.15. The van der Waals surface area contributed by atoms with Crippen LogP contribution in [0.5, 0.6) is 0 Å². The molecule has 19 heavy (non-hydrogen) atoms. The highest BCUT2D eigenvalue weighted by Gasteiger charge is 2.13. The SMILES string of the molecule is Cc1cc(I)ccc1NC(=O)CN1CCCNCC1. The fourth-order valence-corrected chi connectivity index (χ4v) is 2.87. The Labute approximate surface area is 128 Å². The zero-order valence-electron chi connectivity index (χ0n) is 11.2. The van der Waals surface area contributed by atoms with Crippen LogP contribution in [0, 0.1) is 10.5 Å². The van der Waals surface area contributed by atoms with E-state index in [-0.39, 0.29) is 5.91 Å². The highest BCUT2D eigenvalue weighted by molar-refractivity contribution is 14.1. The van der Waals surface area contributed by atoms with Crippen LogP contribution in [0.25, 0.3) is 0 Å². The van der Waals surface area contributed by atoms with Gasteiger partial charge in [0.25, 0.3) is 0 Å². The minimum absolute atomic E-state index is 0.0752. The number of carbonyl (C=O) groups excluding carboxylic acids is 1. The van der Waals surface area contributed by atoms with E-state index in [1.165, 1.54) is 3.57 Å². The summed E-state index contributed by atoms with van der Waals surface area (Å²) in [6, 6.07) is 6.06. The lowest BCUT2D eigenvalue weighted by Crippen LogP contribution is -2.35. The average molecular weight is 373 g/mol. The number of hydrogen-bond donors (Lipinski definition) is 2. The van der Waals surface area contributed by atoms with Crippen molar-refractivity contribution in [2.45, 2.75) is 13.3 Å². The second kappa shape index (κ2) is 7.21. The molecule has 0 saturated carbocycles. The zero-order valence-corrected chi connectivity index (χ0v) is 13.4. The molecule has 4 nitrogen and oxygen atoms in total. The maximum atomic E-state index is 12.1. The number of rotatable bonds is 3. The van der Waals surface area contributed by atoms with Crippen molar-refractivity contribution in [2.24, 2.45) is 0 Å². The molecule has 1 aliphatic heterocycles. The summed E-state index contributed by atoms with van der Waals surface area (Å²) in [5.74, 6) is 0.0752. The van der Waals surface area contributed by atoms with Gasteiger partial charge < -0.3 is 10.6 Å². The third-order valence-corrected chi connectivity index (χ3v) is 3.93. The monoisotopic (exact) mass is 373 g/mol. The summed E-state index contributed by atoms with van der Waals surface area (Å²) in [6.45, 7) is 6.45. The summed E-state index contributed by atoms with van der Waals surface area (Å²) in [4.78, 5) is 14.3. The van der Waals surface area contributed by atoms with Crippen LogP contribution < -0.4 is 10.6 Å². The number of anilines is 1. The van der Waals surface area contributed by atoms with Crippen molar-refractivity contribution >= 4 is 34.2 Å². The largest absolute Gasteiger partial charge is 0.325 e. The molecule has 2 rings (SSSR count). The first-order valence-corrected chi connectivity index (χ1v) is 7.72. The summed E-state index contributed by atoms with van der Waals surface area (Å²) >= 11 is 2.28. The predicted octanol–water partition coefficient (Wildman–Crippen LogP) is 1.83. The Balaban J connectivity index is 1.89. The molecule has 0 spiro atoms. The molecule has 2 N–H and O–H groups in total. The molecule has 1 fully saturated rings. The Hall–Kier alpha value is -0.660. The Morgan fingerprint density at radius 1 is 1.42 bits per heavy atom. The van der Waals surface area contributed by atoms with E-state index in [1.54, 1.807) is 0 Å². The van der Waals surface area contributed by atoms with E-state index >= 15 is 0 Å². The molecule has 1 saturated heterocycles. The first kappa shape index (κ1) is 14.7. The molecular formula is C14H20IN3O. The van der Waals surface area contributed by atoms with E-state index in [9.17, 15) is 4.79 Å². The van der Waals surface area contributed by atoms with Crippen LogP contribution in [-0.2, 0) is 4.79 Å². The van der Waals surface area contributed by atoms with Gasteiger partial charge in [-0.05, 0) is 72.8 Å². The molecule has 0 bridgehead atoms. The number of carbonyl (C=O) groups is 1. The Bertz CT molecular complexity index is 442. The number of aryl methyl sites for hydroxylation is 1. The lowest BCUT2D eigenvalue weighted by Gasteiger charge is -2.19. The third kappa shape index (κ3) is 4.74. The van der Waals surface area contributed by atoms with Gasteiger partial charge in [-0.1, -0.05) is 0 Å². The molecule has 1 aromatic rings. The number of amides is 1. The number of halogens is 1. The van der Waals surface area contributed by atoms with Gasteiger partial charge >= 0.3 is 0 Å². The van der Waals surface area contributed by atoms with Gasteiger partial charge in [0.1, 0.15) is 0 Å². The highest BCUT2D eigenvalue weighted by atomic mass is 127. The Morgan fingerprint density at radius 2 is 2.26 bits per heavy atom. The summed E-state index contributed by atoms with van der Waals surface area (Å²) in [7, 11) is 0. The van der Waals surface area contributed by atoms with Gasteiger partial charge in [0, 0.05) is 22.3 Å². The van der Waals surface area contributed by atoms with Crippen molar-refractivity contribution in [1.29, 1.82) is 0 Å². The molecule has 5 heteroatoms. The topological polar surface area (TPSA) is 44.4 Å². The maximum absolute atomic E-state index is 12.1. The quantitative estimate of drug-likeness (QED) is 0.795. The lowest BCUT2D eigenvalue weighted by molar-refractivity contribution is -0.117. The molecule has 0 atom stereocenters. The van der Waals surface area contributed by atoms with E-state index < -0.39 is 0 Å². The molecular weight excluding hydrogens is 353 g/mol. The van der Waals surface area contributed by atoms with Crippen LogP contribution in [-0.4, -0.2) is 43.5 Å². The van der Waals surface area contributed by atoms with Gasteiger partial charge in [0.2, 0.25) is 5.91 Å². The number of benzene rings is 1. The number of hydrogen-bond acceptors (Lipinski definition) is 3. The minimum Gasteiger partial charge on any atom is -0.325 e. The van der Waals surface area contributed by atoms with E-state index in [4.69, 9.17) is 0 Å². The van der Waals surface area contributed by atoms with Gasteiger partial charge in [0.15, 0.2) is 0 Å². The van der Waals surface area contributed by atoms with E-state index in [0.29, 0.717) is 6.54 Å². The molecule has 1 aliphatic rings. The van der Waals surface area contributed by atoms with Crippen molar-refractivity contribution in [3.05, 3.63) is 27.3 Å². The zero-order chi connectivity index (χ0) is 13.7. The van der Waals surface area contributed by atoms with Gasteiger partial charge in [-0.2, -0.15) is 0 Å². The van der Waals surface area contributed by atoms with Crippen molar-refractivity contribution in [2.75, 3.05) is 38.0 Å². The summed E-state index contributed by atoms with van der Waals surface area (Å²) in [5, 5.41) is 6.34. The van der Waals surface area contributed by atoms with Crippen LogP contribution in [0.1, 0.15) is 12.0 Å². The summed E-state index contributed by atoms with van der Waals surface area (Å²) < 4.78 is 1.19. The molecule has 1 amide bonds. The standard InChI is InChI=1S/C14H20IN3O/c1-11-9-12(15)3-4-13(11)17-14(19)10-18-7-2-5-16-6-8-18/h3-4,9,16H,2,5-8,10H2,1H3,(H,17,19). The van der Waals surface area contributed by atoms with E-state index in [2.05, 4.69) is 44.2 Å². The second-order valence-corrected chi connectivity index (χ2v) is 6.13. The Morgan fingerprint density at radius 3 is 3.05 bits per heavy atom. The van der Waals surface area contributed by atoms with E-state index in [0.717, 1.165) is 43.9 Å². The lowest BCUT2D eigenvalue weighted by atomic mass is 10.2. The van der Waals surface area contributed by atoms with Gasteiger partial charge in [-0.15, -0.1) is 0 Å².